The summed E-state index contributed by atoms with van der Waals surface area (Å²) in [5.74, 6) is 0.969. The van der Waals surface area contributed by atoms with Crippen molar-refractivity contribution in [1.29, 1.82) is 0 Å². The van der Waals surface area contributed by atoms with Crippen LogP contribution in [-0.2, 0) is 11.3 Å². The van der Waals surface area contributed by atoms with E-state index in [0.29, 0.717) is 11.7 Å². The summed E-state index contributed by atoms with van der Waals surface area (Å²) in [6.07, 6.45) is -0.140. The van der Waals surface area contributed by atoms with Gasteiger partial charge in [0.1, 0.15) is 6.10 Å². The largest absolute Gasteiger partial charge is 0.374 e. The Bertz CT molecular complexity index is 223. The summed E-state index contributed by atoms with van der Waals surface area (Å²) in [6, 6.07) is 0. The Hall–Kier alpha value is -0.940. The predicted octanol–water partition coefficient (Wildman–Crippen LogP) is 0.236. The van der Waals surface area contributed by atoms with E-state index in [1.807, 2.05) is 6.92 Å². The molecule has 1 heterocycles. The summed E-state index contributed by atoms with van der Waals surface area (Å²) >= 11 is 0. The molecule has 11 heavy (non-hydrogen) atoms. The van der Waals surface area contributed by atoms with Crippen molar-refractivity contribution < 1.29 is 9.26 Å². The molecular formula is C6H11N3O2. The highest BCUT2D eigenvalue weighted by atomic mass is 16.5. The van der Waals surface area contributed by atoms with Crippen LogP contribution in [0.3, 0.4) is 0 Å². The molecule has 1 aromatic heterocycles. The van der Waals surface area contributed by atoms with E-state index in [-0.39, 0.29) is 12.6 Å². The van der Waals surface area contributed by atoms with Crippen LogP contribution < -0.4 is 5.73 Å². The monoisotopic (exact) mass is 157 g/mol. The van der Waals surface area contributed by atoms with Gasteiger partial charge in [0, 0.05) is 7.11 Å². The maximum atomic E-state index is 5.27. The van der Waals surface area contributed by atoms with Gasteiger partial charge >= 0.3 is 0 Å². The van der Waals surface area contributed by atoms with E-state index in [0.717, 1.165) is 0 Å². The number of rotatable bonds is 3. The lowest BCUT2D eigenvalue weighted by Gasteiger charge is -2.00. The van der Waals surface area contributed by atoms with Crippen molar-refractivity contribution in [2.24, 2.45) is 5.73 Å². The van der Waals surface area contributed by atoms with E-state index >= 15 is 0 Å². The normalized spacial score (nSPS) is 13.4. The fourth-order valence-electron chi connectivity index (χ4n) is 0.621. The summed E-state index contributed by atoms with van der Waals surface area (Å²) < 4.78 is 9.74. The lowest BCUT2D eigenvalue weighted by atomic mass is 10.4. The quantitative estimate of drug-likeness (QED) is 0.680. The zero-order chi connectivity index (χ0) is 8.27. The molecule has 5 nitrogen and oxygen atoms in total. The molecule has 0 saturated carbocycles. The van der Waals surface area contributed by atoms with E-state index < -0.39 is 0 Å². The van der Waals surface area contributed by atoms with Gasteiger partial charge in [-0.2, -0.15) is 4.98 Å². The average molecular weight is 157 g/mol. The fourth-order valence-corrected chi connectivity index (χ4v) is 0.621. The van der Waals surface area contributed by atoms with Crippen LogP contribution in [0.4, 0.5) is 0 Å². The van der Waals surface area contributed by atoms with Gasteiger partial charge in [-0.05, 0) is 6.92 Å². The zero-order valence-electron chi connectivity index (χ0n) is 6.57. The first-order valence-electron chi connectivity index (χ1n) is 3.33. The molecule has 0 spiro atoms. The molecule has 1 aromatic rings. The smallest absolute Gasteiger partial charge is 0.240 e. The molecule has 0 saturated heterocycles. The van der Waals surface area contributed by atoms with Crippen LogP contribution >= 0.6 is 0 Å². The van der Waals surface area contributed by atoms with E-state index in [9.17, 15) is 0 Å². The molecule has 5 heteroatoms. The second-order valence-corrected chi connectivity index (χ2v) is 2.13. The van der Waals surface area contributed by atoms with Crippen molar-refractivity contribution in [2.75, 3.05) is 7.11 Å². The number of methoxy groups -OCH3 is 1. The van der Waals surface area contributed by atoms with Crippen molar-refractivity contribution >= 4 is 0 Å². The number of aromatic nitrogens is 2. The molecule has 0 bridgehead atoms. The highest BCUT2D eigenvalue weighted by molar-refractivity contribution is 4.88. The van der Waals surface area contributed by atoms with Crippen LogP contribution in [0.5, 0.6) is 0 Å². The van der Waals surface area contributed by atoms with Crippen LogP contribution in [0.15, 0.2) is 4.52 Å². The molecule has 0 aliphatic rings. The van der Waals surface area contributed by atoms with Crippen LogP contribution in [0.1, 0.15) is 24.7 Å². The Morgan fingerprint density at radius 3 is 2.91 bits per heavy atom. The molecule has 1 rings (SSSR count). The minimum absolute atomic E-state index is 0.140. The number of hydrogen-bond acceptors (Lipinski definition) is 5. The molecular weight excluding hydrogens is 146 g/mol. The second kappa shape index (κ2) is 3.45. The van der Waals surface area contributed by atoms with Crippen LogP contribution in [0, 0.1) is 0 Å². The second-order valence-electron chi connectivity index (χ2n) is 2.13. The van der Waals surface area contributed by atoms with Gasteiger partial charge in [0.05, 0.1) is 6.54 Å². The van der Waals surface area contributed by atoms with E-state index in [1.165, 1.54) is 0 Å². The highest BCUT2D eigenvalue weighted by Crippen LogP contribution is 2.10. The van der Waals surface area contributed by atoms with Gasteiger partial charge in [-0.15, -0.1) is 0 Å². The standard InChI is InChI=1S/C6H11N3O2/c1-4(10-2)6-8-5(3-7)11-9-6/h4H,3,7H2,1-2H3/t4-/m0/s1. The summed E-state index contributed by atoms with van der Waals surface area (Å²) in [5, 5.41) is 3.67. The molecule has 0 aromatic carbocycles. The first-order valence-corrected chi connectivity index (χ1v) is 3.33. The fraction of sp³-hybridized carbons (Fsp3) is 0.667. The van der Waals surface area contributed by atoms with Crippen molar-refractivity contribution in [3.8, 4) is 0 Å². The van der Waals surface area contributed by atoms with Gasteiger partial charge in [-0.3, -0.25) is 0 Å². The summed E-state index contributed by atoms with van der Waals surface area (Å²) in [5.41, 5.74) is 5.27. The van der Waals surface area contributed by atoms with Crippen LogP contribution in [0.25, 0.3) is 0 Å². The maximum absolute atomic E-state index is 5.27. The number of nitrogens with zero attached hydrogens (tertiary/aromatic N) is 2. The van der Waals surface area contributed by atoms with Crippen molar-refractivity contribution in [2.45, 2.75) is 19.6 Å². The topological polar surface area (TPSA) is 74.2 Å². The lowest BCUT2D eigenvalue weighted by Crippen LogP contribution is -2.00. The molecule has 0 aliphatic heterocycles. The predicted molar refractivity (Wildman–Crippen MR) is 37.6 cm³/mol. The average Bonchev–Trinajstić information content (AvgIpc) is 2.50. The lowest BCUT2D eigenvalue weighted by molar-refractivity contribution is 0.109. The molecule has 2 N–H and O–H groups in total. The first-order chi connectivity index (χ1) is 5.27. The number of hydrogen-bond donors (Lipinski definition) is 1. The van der Waals surface area contributed by atoms with Gasteiger partial charge < -0.3 is 15.0 Å². The van der Waals surface area contributed by atoms with E-state index in [1.54, 1.807) is 7.11 Å². The summed E-state index contributed by atoms with van der Waals surface area (Å²) in [4.78, 5) is 3.97. The van der Waals surface area contributed by atoms with Gasteiger partial charge in [0.2, 0.25) is 5.89 Å². The Kier molecular flexibility index (Phi) is 2.56. The maximum Gasteiger partial charge on any atom is 0.240 e. The van der Waals surface area contributed by atoms with Crippen molar-refractivity contribution in [1.82, 2.24) is 10.1 Å². The van der Waals surface area contributed by atoms with Crippen molar-refractivity contribution in [3.63, 3.8) is 0 Å². The van der Waals surface area contributed by atoms with Crippen LogP contribution in [0.2, 0.25) is 0 Å². The third kappa shape index (κ3) is 1.75. The van der Waals surface area contributed by atoms with Gasteiger partial charge in [0.15, 0.2) is 5.82 Å². The molecule has 0 fully saturated rings. The minimum atomic E-state index is -0.140. The number of ether oxygens (including phenoxy) is 1. The zero-order valence-corrected chi connectivity index (χ0v) is 6.57. The summed E-state index contributed by atoms with van der Waals surface area (Å²) in [7, 11) is 1.59. The molecule has 0 radical (unpaired) electrons. The van der Waals surface area contributed by atoms with E-state index in [2.05, 4.69) is 10.1 Å². The van der Waals surface area contributed by atoms with E-state index in [4.69, 9.17) is 15.0 Å². The molecule has 0 unspecified atom stereocenters. The Balaban J connectivity index is 2.71. The van der Waals surface area contributed by atoms with Gasteiger partial charge in [-0.1, -0.05) is 5.16 Å². The van der Waals surface area contributed by atoms with Gasteiger partial charge in [0.25, 0.3) is 0 Å². The molecule has 0 amide bonds. The molecule has 0 aliphatic carbocycles. The third-order valence-corrected chi connectivity index (χ3v) is 1.38. The SMILES string of the molecule is CO[C@@H](C)c1noc(CN)n1. The molecule has 62 valence electrons. The highest BCUT2D eigenvalue weighted by Gasteiger charge is 2.10. The Morgan fingerprint density at radius 2 is 2.45 bits per heavy atom. The minimum Gasteiger partial charge on any atom is -0.374 e. The Morgan fingerprint density at radius 1 is 1.73 bits per heavy atom. The Labute approximate surface area is 64.5 Å². The van der Waals surface area contributed by atoms with Gasteiger partial charge in [-0.25, -0.2) is 0 Å². The summed E-state index contributed by atoms with van der Waals surface area (Å²) in [6.45, 7) is 2.11. The number of nitrogens with two attached hydrogens (primary N) is 1. The third-order valence-electron chi connectivity index (χ3n) is 1.38. The first kappa shape index (κ1) is 8.16. The van der Waals surface area contributed by atoms with Crippen molar-refractivity contribution in [3.05, 3.63) is 11.7 Å². The molecule has 1 atom stereocenters. The van der Waals surface area contributed by atoms with Crippen LogP contribution in [-0.4, -0.2) is 17.3 Å².